The molecule has 0 bridgehead atoms. The fraction of sp³-hybridized carbons (Fsp3) is 0.579. The molecule has 0 fully saturated rings. The molecule has 9 nitrogen and oxygen atoms in total. The molecule has 0 heterocycles. The number of methoxy groups -OCH3 is 1. The Hall–Kier alpha value is -2.84. The maximum atomic E-state index is 11.8. The van der Waals surface area contributed by atoms with Crippen molar-refractivity contribution in [1.29, 1.82) is 0 Å². The lowest BCUT2D eigenvalue weighted by atomic mass is 10.1. The average molecular weight is 397 g/mol. The molecule has 158 valence electrons. The third-order valence-corrected chi connectivity index (χ3v) is 3.15. The maximum absolute atomic E-state index is 11.8. The van der Waals surface area contributed by atoms with Gasteiger partial charge < -0.3 is 25.2 Å². The summed E-state index contributed by atoms with van der Waals surface area (Å²) in [4.78, 5) is 39.2. The van der Waals surface area contributed by atoms with Gasteiger partial charge in [-0.15, -0.1) is 0 Å². The summed E-state index contributed by atoms with van der Waals surface area (Å²) in [5.74, 6) is -1.46. The van der Waals surface area contributed by atoms with Gasteiger partial charge in [-0.1, -0.05) is 12.7 Å². The Morgan fingerprint density at radius 1 is 1.25 bits per heavy atom. The normalized spacial score (nSPS) is 12.8. The van der Waals surface area contributed by atoms with Crippen molar-refractivity contribution in [2.45, 2.75) is 59.1 Å². The highest BCUT2D eigenvalue weighted by atomic mass is 16.6. The third-order valence-electron chi connectivity index (χ3n) is 3.15. The van der Waals surface area contributed by atoms with Crippen LogP contribution >= 0.6 is 0 Å². The highest BCUT2D eigenvalue weighted by molar-refractivity contribution is 5.93. The van der Waals surface area contributed by atoms with Gasteiger partial charge in [-0.2, -0.15) is 0 Å². The van der Waals surface area contributed by atoms with Crippen molar-refractivity contribution in [3.05, 3.63) is 24.0 Å². The number of carbonyl (C=O) groups excluding carboxylic acids is 2. The minimum absolute atomic E-state index is 0.158. The molecule has 28 heavy (non-hydrogen) atoms. The smallest absolute Gasteiger partial charge is 0.408 e. The van der Waals surface area contributed by atoms with Gasteiger partial charge in [-0.3, -0.25) is 0 Å². The summed E-state index contributed by atoms with van der Waals surface area (Å²) >= 11 is 0. The number of carboxylic acid groups (broad SMARTS) is 1. The van der Waals surface area contributed by atoms with Gasteiger partial charge in [0.15, 0.2) is 0 Å². The number of ether oxygens (including phenoxy) is 2. The summed E-state index contributed by atoms with van der Waals surface area (Å²) in [6.45, 7) is 12.5. The molecular weight excluding hydrogens is 366 g/mol. The lowest BCUT2D eigenvalue weighted by Gasteiger charge is -2.22. The van der Waals surface area contributed by atoms with Gasteiger partial charge in [-0.05, 0) is 47.5 Å². The first-order chi connectivity index (χ1) is 12.9. The van der Waals surface area contributed by atoms with Crippen LogP contribution in [0.25, 0.3) is 0 Å². The summed E-state index contributed by atoms with van der Waals surface area (Å²) in [5, 5.41) is 14.6. The summed E-state index contributed by atoms with van der Waals surface area (Å²) in [6.07, 6.45) is 1.09. The molecule has 0 radical (unpaired) electrons. The molecule has 9 heteroatoms. The Kier molecular flexibility index (Phi) is 10.6. The molecule has 0 saturated heterocycles. The average Bonchev–Trinajstić information content (AvgIpc) is 2.55. The number of carbonyl (C=O) groups is 3. The quantitative estimate of drug-likeness (QED) is 0.170. The Labute approximate surface area is 165 Å². The Morgan fingerprint density at radius 3 is 2.29 bits per heavy atom. The van der Waals surface area contributed by atoms with Crippen molar-refractivity contribution in [3.63, 3.8) is 0 Å². The van der Waals surface area contributed by atoms with Crippen molar-refractivity contribution in [3.8, 4) is 0 Å². The lowest BCUT2D eigenvalue weighted by molar-refractivity contribution is -0.139. The van der Waals surface area contributed by atoms with Crippen LogP contribution in [0.2, 0.25) is 0 Å². The standard InChI is InChI=1S/C19H31N3O6/c1-8-13(17(25)27-7)15(21-12(2)3)20-11-9-10-14(16(23)24)22-18(26)28-19(4,5)6/h8,14,20H,1,9-11H2,2-7H3,(H,22,26)(H,23,24)/b15-13+/t14-/m0/s1. The zero-order chi connectivity index (χ0) is 21.9. The van der Waals surface area contributed by atoms with Gasteiger partial charge in [0.1, 0.15) is 23.0 Å². The predicted octanol–water partition coefficient (Wildman–Crippen LogP) is 2.39. The predicted molar refractivity (Wildman–Crippen MR) is 106 cm³/mol. The van der Waals surface area contributed by atoms with Gasteiger partial charge in [0, 0.05) is 12.3 Å². The number of alkyl carbamates (subject to hydrolysis) is 1. The molecule has 3 N–H and O–H groups in total. The van der Waals surface area contributed by atoms with Crippen LogP contribution in [0.3, 0.4) is 0 Å². The number of amides is 1. The van der Waals surface area contributed by atoms with Crippen LogP contribution in [-0.4, -0.2) is 54.1 Å². The topological polar surface area (TPSA) is 126 Å². The van der Waals surface area contributed by atoms with Crippen LogP contribution in [0.1, 0.15) is 47.5 Å². The second-order valence-corrected chi connectivity index (χ2v) is 7.12. The first kappa shape index (κ1) is 25.2. The van der Waals surface area contributed by atoms with E-state index in [4.69, 9.17) is 9.47 Å². The fourth-order valence-corrected chi connectivity index (χ4v) is 2.03. The Bertz CT molecular complexity index is 643. The zero-order valence-corrected chi connectivity index (χ0v) is 17.4. The molecule has 0 aliphatic heterocycles. The zero-order valence-electron chi connectivity index (χ0n) is 17.4. The van der Waals surface area contributed by atoms with Gasteiger partial charge in [0.2, 0.25) is 0 Å². The highest BCUT2D eigenvalue weighted by Gasteiger charge is 2.23. The van der Waals surface area contributed by atoms with Crippen molar-refractivity contribution in [2.24, 2.45) is 4.99 Å². The third kappa shape index (κ3) is 10.3. The second kappa shape index (κ2) is 11.8. The van der Waals surface area contributed by atoms with E-state index in [1.807, 2.05) is 0 Å². The van der Waals surface area contributed by atoms with Crippen LogP contribution < -0.4 is 10.6 Å². The number of rotatable bonds is 10. The molecule has 0 aromatic carbocycles. The van der Waals surface area contributed by atoms with Gasteiger partial charge in [0.05, 0.1) is 7.11 Å². The van der Waals surface area contributed by atoms with Crippen LogP contribution in [0.15, 0.2) is 29.0 Å². The minimum atomic E-state index is -1.16. The van der Waals surface area contributed by atoms with Crippen LogP contribution in [0, 0.1) is 0 Å². The van der Waals surface area contributed by atoms with Crippen molar-refractivity contribution >= 4 is 23.7 Å². The Morgan fingerprint density at radius 2 is 1.86 bits per heavy atom. The van der Waals surface area contributed by atoms with E-state index in [1.54, 1.807) is 34.6 Å². The monoisotopic (exact) mass is 397 g/mol. The number of nitrogens with zero attached hydrogens (tertiary/aromatic N) is 1. The molecular formula is C19H31N3O6. The van der Waals surface area contributed by atoms with Gasteiger partial charge >= 0.3 is 18.0 Å². The molecule has 0 unspecified atom stereocenters. The number of hydrogen-bond acceptors (Lipinski definition) is 7. The molecule has 1 amide bonds. The maximum Gasteiger partial charge on any atom is 0.408 e. The molecule has 0 aromatic rings. The molecule has 0 spiro atoms. The molecule has 0 aliphatic carbocycles. The fourth-order valence-electron chi connectivity index (χ4n) is 2.03. The number of hydrogen-bond donors (Lipinski definition) is 3. The first-order valence-corrected chi connectivity index (χ1v) is 8.84. The number of esters is 1. The summed E-state index contributed by atoms with van der Waals surface area (Å²) in [7, 11) is 1.26. The van der Waals surface area contributed by atoms with Crippen LogP contribution in [0.4, 0.5) is 4.79 Å². The SMILES string of the molecule is C=C/C(C(=O)OC)=C(\N=C(C)C)NCCC[C@H](NC(=O)OC(C)(C)C)C(=O)O. The van der Waals surface area contributed by atoms with E-state index in [0.717, 1.165) is 0 Å². The summed E-state index contributed by atoms with van der Waals surface area (Å²) in [6, 6.07) is -1.10. The van der Waals surface area contributed by atoms with E-state index in [1.165, 1.54) is 13.2 Å². The van der Waals surface area contributed by atoms with E-state index in [9.17, 15) is 19.5 Å². The molecule has 0 saturated carbocycles. The lowest BCUT2D eigenvalue weighted by Crippen LogP contribution is -2.43. The summed E-state index contributed by atoms with van der Waals surface area (Å²) in [5.41, 5.74) is 0.158. The van der Waals surface area contributed by atoms with Crippen LogP contribution in [0.5, 0.6) is 0 Å². The van der Waals surface area contributed by atoms with Crippen molar-refractivity contribution in [2.75, 3.05) is 13.7 Å². The van der Waals surface area contributed by atoms with E-state index >= 15 is 0 Å². The molecule has 0 aliphatic rings. The van der Waals surface area contributed by atoms with E-state index < -0.39 is 29.7 Å². The number of carboxylic acids is 1. The Balaban J connectivity index is 4.95. The van der Waals surface area contributed by atoms with Crippen LogP contribution in [-0.2, 0) is 19.1 Å². The van der Waals surface area contributed by atoms with E-state index in [-0.39, 0.29) is 17.8 Å². The van der Waals surface area contributed by atoms with Crippen molar-refractivity contribution < 1.29 is 29.0 Å². The number of nitrogens with one attached hydrogen (secondary N) is 2. The summed E-state index contributed by atoms with van der Waals surface area (Å²) < 4.78 is 9.78. The van der Waals surface area contributed by atoms with E-state index in [0.29, 0.717) is 18.7 Å². The van der Waals surface area contributed by atoms with Crippen molar-refractivity contribution in [1.82, 2.24) is 10.6 Å². The molecule has 0 aromatic heterocycles. The molecule has 1 atom stereocenters. The highest BCUT2D eigenvalue weighted by Crippen LogP contribution is 2.10. The van der Waals surface area contributed by atoms with Gasteiger partial charge in [0.25, 0.3) is 0 Å². The number of aliphatic imine (C=N–C) groups is 1. The second-order valence-electron chi connectivity index (χ2n) is 7.12. The number of aliphatic carboxylic acids is 1. The first-order valence-electron chi connectivity index (χ1n) is 8.84. The minimum Gasteiger partial charge on any atom is -0.480 e. The molecule has 0 rings (SSSR count). The largest absolute Gasteiger partial charge is 0.480 e. The van der Waals surface area contributed by atoms with Gasteiger partial charge in [-0.25, -0.2) is 19.4 Å². The van der Waals surface area contributed by atoms with E-state index in [2.05, 4.69) is 22.2 Å².